The lowest BCUT2D eigenvalue weighted by molar-refractivity contribution is 0.157. The number of benzene rings is 1. The topological polar surface area (TPSA) is 90.7 Å². The average Bonchev–Trinajstić information content (AvgIpc) is 3.43. The van der Waals surface area contributed by atoms with E-state index in [4.69, 9.17) is 9.26 Å². The molecule has 1 aliphatic rings. The first-order valence-corrected chi connectivity index (χ1v) is 10.9. The SMILES string of the molecule is COc1ccc(-c2cc3c(=O)n(Cc4noc(CN5CCC[C@@H](C)C5)n4)ccn3n2)cc1. The van der Waals surface area contributed by atoms with Crippen molar-refractivity contribution in [2.24, 2.45) is 5.92 Å². The molecule has 9 heteroatoms. The van der Waals surface area contributed by atoms with Gasteiger partial charge in [-0.05, 0) is 55.6 Å². The van der Waals surface area contributed by atoms with Gasteiger partial charge >= 0.3 is 0 Å². The average molecular weight is 435 g/mol. The van der Waals surface area contributed by atoms with Gasteiger partial charge < -0.3 is 13.8 Å². The Balaban J connectivity index is 1.34. The van der Waals surface area contributed by atoms with Crippen LogP contribution in [0.2, 0.25) is 0 Å². The van der Waals surface area contributed by atoms with Gasteiger partial charge in [-0.1, -0.05) is 12.1 Å². The molecule has 1 fully saturated rings. The van der Waals surface area contributed by atoms with E-state index in [1.54, 1.807) is 34.7 Å². The fourth-order valence-electron chi connectivity index (χ4n) is 4.25. The maximum absolute atomic E-state index is 13.0. The van der Waals surface area contributed by atoms with Gasteiger partial charge in [0.05, 0.1) is 25.9 Å². The number of rotatable bonds is 6. The third-order valence-electron chi connectivity index (χ3n) is 5.91. The predicted octanol–water partition coefficient (Wildman–Crippen LogP) is 2.83. The van der Waals surface area contributed by atoms with Crippen LogP contribution in [0.5, 0.6) is 5.75 Å². The molecule has 5 rings (SSSR count). The van der Waals surface area contributed by atoms with Crippen LogP contribution in [0.1, 0.15) is 31.5 Å². The fourth-order valence-corrected chi connectivity index (χ4v) is 4.25. The zero-order chi connectivity index (χ0) is 22.1. The number of piperidine rings is 1. The predicted molar refractivity (Wildman–Crippen MR) is 119 cm³/mol. The first-order valence-electron chi connectivity index (χ1n) is 10.9. The summed E-state index contributed by atoms with van der Waals surface area (Å²) in [6.45, 7) is 5.27. The molecule has 0 radical (unpaired) electrons. The van der Waals surface area contributed by atoms with Gasteiger partial charge in [0, 0.05) is 24.5 Å². The van der Waals surface area contributed by atoms with Gasteiger partial charge in [0.25, 0.3) is 5.56 Å². The Morgan fingerprint density at radius 1 is 1.19 bits per heavy atom. The first-order chi connectivity index (χ1) is 15.6. The van der Waals surface area contributed by atoms with E-state index >= 15 is 0 Å². The van der Waals surface area contributed by atoms with E-state index in [1.807, 2.05) is 24.3 Å². The Kier molecular flexibility index (Phi) is 5.48. The minimum atomic E-state index is -0.157. The molecule has 0 N–H and O–H groups in total. The van der Waals surface area contributed by atoms with Gasteiger partial charge in [0.1, 0.15) is 11.3 Å². The second-order valence-corrected chi connectivity index (χ2v) is 8.41. The van der Waals surface area contributed by atoms with Crippen LogP contribution in [0.15, 0.2) is 52.0 Å². The quantitative estimate of drug-likeness (QED) is 0.461. The van der Waals surface area contributed by atoms with Crippen molar-refractivity contribution in [1.29, 1.82) is 0 Å². The van der Waals surface area contributed by atoms with Gasteiger partial charge in [-0.15, -0.1) is 0 Å². The lowest BCUT2D eigenvalue weighted by atomic mass is 10.0. The number of nitrogens with zero attached hydrogens (tertiary/aromatic N) is 6. The molecule has 32 heavy (non-hydrogen) atoms. The van der Waals surface area contributed by atoms with E-state index in [9.17, 15) is 4.79 Å². The maximum atomic E-state index is 13.0. The van der Waals surface area contributed by atoms with Crippen molar-refractivity contribution >= 4 is 5.52 Å². The molecule has 1 saturated heterocycles. The second-order valence-electron chi connectivity index (χ2n) is 8.41. The normalized spacial score (nSPS) is 17.1. The van der Waals surface area contributed by atoms with E-state index in [2.05, 4.69) is 27.1 Å². The molecule has 1 atom stereocenters. The highest BCUT2D eigenvalue weighted by atomic mass is 16.5. The maximum Gasteiger partial charge on any atom is 0.277 e. The molecule has 1 aliphatic heterocycles. The molecule has 0 spiro atoms. The van der Waals surface area contributed by atoms with Gasteiger partial charge in [-0.25, -0.2) is 4.52 Å². The Morgan fingerprint density at radius 3 is 2.81 bits per heavy atom. The third-order valence-corrected chi connectivity index (χ3v) is 5.91. The van der Waals surface area contributed by atoms with Crippen molar-refractivity contribution in [1.82, 2.24) is 29.2 Å². The highest BCUT2D eigenvalue weighted by molar-refractivity contribution is 5.66. The van der Waals surface area contributed by atoms with E-state index in [0.717, 1.165) is 30.1 Å². The number of hydrogen-bond donors (Lipinski definition) is 0. The molecular weight excluding hydrogens is 408 g/mol. The molecule has 0 unspecified atom stereocenters. The van der Waals surface area contributed by atoms with Gasteiger partial charge in [0.2, 0.25) is 5.89 Å². The van der Waals surface area contributed by atoms with Crippen LogP contribution in [-0.4, -0.2) is 49.4 Å². The minimum absolute atomic E-state index is 0.157. The van der Waals surface area contributed by atoms with Crippen LogP contribution in [-0.2, 0) is 13.1 Å². The summed E-state index contributed by atoms with van der Waals surface area (Å²) in [7, 11) is 1.63. The van der Waals surface area contributed by atoms with Gasteiger partial charge in [0.15, 0.2) is 5.82 Å². The molecule has 1 aromatic carbocycles. The van der Waals surface area contributed by atoms with Crippen molar-refractivity contribution in [2.45, 2.75) is 32.9 Å². The molecule has 166 valence electrons. The summed E-state index contributed by atoms with van der Waals surface area (Å²) >= 11 is 0. The zero-order valence-electron chi connectivity index (χ0n) is 18.3. The molecular formula is C23H26N6O3. The van der Waals surface area contributed by atoms with Crippen molar-refractivity contribution in [3.8, 4) is 17.0 Å². The summed E-state index contributed by atoms with van der Waals surface area (Å²) in [5, 5.41) is 8.61. The molecule has 3 aromatic heterocycles. The van der Waals surface area contributed by atoms with Crippen molar-refractivity contribution in [3.05, 3.63) is 64.8 Å². The monoisotopic (exact) mass is 434 g/mol. The second kappa shape index (κ2) is 8.58. The Hall–Kier alpha value is -3.46. The fraction of sp³-hybridized carbons (Fsp3) is 0.391. The summed E-state index contributed by atoms with van der Waals surface area (Å²) in [6, 6.07) is 9.37. The standard InChI is InChI=1S/C23H26N6O3/c1-16-4-3-9-27(13-16)15-22-24-21(26-32-22)14-28-10-11-29-20(23(28)30)12-19(25-29)17-5-7-18(31-2)8-6-17/h5-8,10-12,16H,3-4,9,13-15H2,1-2H3/t16-/m1/s1. The van der Waals surface area contributed by atoms with Crippen molar-refractivity contribution in [3.63, 3.8) is 0 Å². The van der Waals surface area contributed by atoms with Crippen LogP contribution < -0.4 is 10.3 Å². The van der Waals surface area contributed by atoms with Gasteiger partial charge in [-0.2, -0.15) is 10.1 Å². The summed E-state index contributed by atoms with van der Waals surface area (Å²) in [5.41, 5.74) is 1.97. The van der Waals surface area contributed by atoms with Crippen LogP contribution >= 0.6 is 0 Å². The first kappa shape index (κ1) is 20.4. The Morgan fingerprint density at radius 2 is 2.03 bits per heavy atom. The molecule has 0 bridgehead atoms. The number of hydrogen-bond acceptors (Lipinski definition) is 7. The Bertz CT molecular complexity index is 1270. The van der Waals surface area contributed by atoms with Crippen LogP contribution in [0.25, 0.3) is 16.8 Å². The number of methoxy groups -OCH3 is 1. The van der Waals surface area contributed by atoms with Gasteiger partial charge in [-0.3, -0.25) is 9.69 Å². The number of ether oxygens (including phenoxy) is 1. The van der Waals surface area contributed by atoms with E-state index < -0.39 is 0 Å². The molecule has 0 aliphatic carbocycles. The smallest absolute Gasteiger partial charge is 0.277 e. The lowest BCUT2D eigenvalue weighted by Crippen LogP contribution is -2.33. The summed E-state index contributed by atoms with van der Waals surface area (Å²) in [5.74, 6) is 2.55. The molecule has 4 heterocycles. The van der Waals surface area contributed by atoms with E-state index in [0.29, 0.717) is 29.7 Å². The summed E-state index contributed by atoms with van der Waals surface area (Å²) in [4.78, 5) is 19.9. The molecule has 4 aromatic rings. The zero-order valence-corrected chi connectivity index (χ0v) is 18.3. The molecule has 0 saturated carbocycles. The number of aromatic nitrogens is 5. The van der Waals surface area contributed by atoms with E-state index in [1.165, 1.54) is 12.8 Å². The molecule has 9 nitrogen and oxygen atoms in total. The number of fused-ring (bicyclic) bond motifs is 1. The van der Waals surface area contributed by atoms with Crippen molar-refractivity contribution in [2.75, 3.05) is 20.2 Å². The minimum Gasteiger partial charge on any atom is -0.497 e. The van der Waals surface area contributed by atoms with Crippen LogP contribution in [0.3, 0.4) is 0 Å². The Labute approximate surface area is 185 Å². The van der Waals surface area contributed by atoms with Crippen LogP contribution in [0, 0.1) is 5.92 Å². The largest absolute Gasteiger partial charge is 0.497 e. The van der Waals surface area contributed by atoms with Crippen molar-refractivity contribution < 1.29 is 9.26 Å². The molecule has 0 amide bonds. The summed E-state index contributed by atoms with van der Waals surface area (Å²) in [6.07, 6.45) is 5.93. The third kappa shape index (κ3) is 4.16. The summed E-state index contributed by atoms with van der Waals surface area (Å²) < 4.78 is 13.8. The lowest BCUT2D eigenvalue weighted by Gasteiger charge is -2.29. The van der Waals surface area contributed by atoms with Crippen LogP contribution in [0.4, 0.5) is 0 Å². The highest BCUT2D eigenvalue weighted by Crippen LogP contribution is 2.22. The number of likely N-dealkylation sites (tertiary alicyclic amines) is 1. The highest BCUT2D eigenvalue weighted by Gasteiger charge is 2.19. The van der Waals surface area contributed by atoms with E-state index in [-0.39, 0.29) is 12.1 Å².